The number of pyridine rings is 1. The maximum Gasteiger partial charge on any atom is 0.270 e. The summed E-state index contributed by atoms with van der Waals surface area (Å²) in [5.74, 6) is 1.10. The molecule has 6 nitrogen and oxygen atoms in total. The van der Waals surface area contributed by atoms with Gasteiger partial charge in [0.1, 0.15) is 11.5 Å². The van der Waals surface area contributed by atoms with Crippen LogP contribution in [-0.2, 0) is 6.54 Å². The van der Waals surface area contributed by atoms with Crippen molar-refractivity contribution in [3.05, 3.63) is 72.3 Å². The summed E-state index contributed by atoms with van der Waals surface area (Å²) in [7, 11) is 0. The fourth-order valence-corrected chi connectivity index (χ4v) is 3.74. The summed E-state index contributed by atoms with van der Waals surface area (Å²) in [6.45, 7) is 4.20. The normalized spacial score (nSPS) is 17.4. The summed E-state index contributed by atoms with van der Waals surface area (Å²) in [6, 6.07) is 8.09. The Morgan fingerprint density at radius 2 is 2.15 bits per heavy atom. The molecule has 0 aliphatic carbocycles. The Labute approximate surface area is 153 Å². The van der Waals surface area contributed by atoms with Crippen molar-refractivity contribution in [1.29, 1.82) is 0 Å². The molecule has 0 N–H and O–H groups in total. The summed E-state index contributed by atoms with van der Waals surface area (Å²) in [4.78, 5) is 23.6. The molecule has 1 saturated heterocycles. The van der Waals surface area contributed by atoms with Gasteiger partial charge in [0, 0.05) is 50.6 Å². The number of nitrogens with zero attached hydrogens (tertiary/aromatic N) is 5. The number of hydrogen-bond donors (Lipinski definition) is 0. The predicted octanol–water partition coefficient (Wildman–Crippen LogP) is 2.91. The molecule has 1 fully saturated rings. The van der Waals surface area contributed by atoms with Crippen molar-refractivity contribution >= 4 is 5.91 Å². The number of carbonyl (C=O) groups excluding carboxylic acids is 1. The SMILES string of the molecule is Cc1nccn1[C@H]1CCCN(C(=O)c2cccn2Cc2cccnc2)C1. The highest BCUT2D eigenvalue weighted by molar-refractivity contribution is 5.92. The third-order valence-electron chi connectivity index (χ3n) is 5.06. The minimum Gasteiger partial charge on any atom is -0.339 e. The first-order chi connectivity index (χ1) is 12.7. The number of carbonyl (C=O) groups is 1. The van der Waals surface area contributed by atoms with Gasteiger partial charge in [-0.2, -0.15) is 0 Å². The van der Waals surface area contributed by atoms with E-state index in [1.165, 1.54) is 0 Å². The largest absolute Gasteiger partial charge is 0.339 e. The fraction of sp³-hybridized carbons (Fsp3) is 0.350. The van der Waals surface area contributed by atoms with Gasteiger partial charge in [0.15, 0.2) is 0 Å². The zero-order valence-electron chi connectivity index (χ0n) is 15.0. The van der Waals surface area contributed by atoms with Crippen LogP contribution in [0, 0.1) is 6.92 Å². The quantitative estimate of drug-likeness (QED) is 0.728. The highest BCUT2D eigenvalue weighted by Gasteiger charge is 2.27. The Morgan fingerprint density at radius 3 is 2.92 bits per heavy atom. The van der Waals surface area contributed by atoms with Gasteiger partial charge in [-0.3, -0.25) is 9.78 Å². The molecule has 134 valence electrons. The Morgan fingerprint density at radius 1 is 1.23 bits per heavy atom. The summed E-state index contributed by atoms with van der Waals surface area (Å²) in [6.07, 6.45) is 11.5. The summed E-state index contributed by atoms with van der Waals surface area (Å²) >= 11 is 0. The Hall–Kier alpha value is -2.89. The fourth-order valence-electron chi connectivity index (χ4n) is 3.74. The predicted molar refractivity (Wildman–Crippen MR) is 98.9 cm³/mol. The van der Waals surface area contributed by atoms with Gasteiger partial charge in [0.25, 0.3) is 5.91 Å². The van der Waals surface area contributed by atoms with Crippen molar-refractivity contribution in [3.63, 3.8) is 0 Å². The van der Waals surface area contributed by atoms with Gasteiger partial charge in [-0.25, -0.2) is 4.98 Å². The first-order valence-electron chi connectivity index (χ1n) is 9.05. The summed E-state index contributed by atoms with van der Waals surface area (Å²) in [5.41, 5.74) is 1.82. The van der Waals surface area contributed by atoms with Crippen LogP contribution in [0.1, 0.15) is 40.8 Å². The zero-order valence-corrected chi connectivity index (χ0v) is 15.0. The van der Waals surface area contributed by atoms with E-state index in [2.05, 4.69) is 14.5 Å². The molecule has 0 radical (unpaired) electrons. The second kappa shape index (κ2) is 7.15. The van der Waals surface area contributed by atoms with Crippen molar-refractivity contribution in [2.75, 3.05) is 13.1 Å². The lowest BCUT2D eigenvalue weighted by Gasteiger charge is -2.34. The summed E-state index contributed by atoms with van der Waals surface area (Å²) < 4.78 is 4.19. The van der Waals surface area contributed by atoms with E-state index < -0.39 is 0 Å². The van der Waals surface area contributed by atoms with Crippen molar-refractivity contribution in [1.82, 2.24) is 24.0 Å². The highest BCUT2D eigenvalue weighted by atomic mass is 16.2. The number of rotatable bonds is 4. The van der Waals surface area contributed by atoms with Gasteiger partial charge in [-0.05, 0) is 43.5 Å². The maximum atomic E-state index is 13.1. The minimum atomic E-state index is 0.0985. The summed E-state index contributed by atoms with van der Waals surface area (Å²) in [5, 5.41) is 0. The van der Waals surface area contributed by atoms with Crippen LogP contribution in [0.4, 0.5) is 0 Å². The maximum absolute atomic E-state index is 13.1. The number of hydrogen-bond acceptors (Lipinski definition) is 3. The van der Waals surface area contributed by atoms with E-state index in [4.69, 9.17) is 0 Å². The molecule has 0 aromatic carbocycles. The van der Waals surface area contributed by atoms with Crippen LogP contribution < -0.4 is 0 Å². The topological polar surface area (TPSA) is 56.0 Å². The molecule has 1 aliphatic rings. The Kier molecular flexibility index (Phi) is 4.56. The van der Waals surface area contributed by atoms with E-state index in [-0.39, 0.29) is 5.91 Å². The third kappa shape index (κ3) is 3.27. The van der Waals surface area contributed by atoms with Crippen molar-refractivity contribution < 1.29 is 4.79 Å². The standard InChI is InChI=1S/C20H23N5O/c1-16-22-9-12-25(16)18-6-3-11-24(15-18)20(26)19-7-4-10-23(19)14-17-5-2-8-21-13-17/h2,4-5,7-10,12-13,18H,3,6,11,14-15H2,1H3/t18-/m0/s1. The second-order valence-electron chi connectivity index (χ2n) is 6.81. The molecule has 4 heterocycles. The molecule has 4 rings (SSSR count). The van der Waals surface area contributed by atoms with Gasteiger partial charge in [0.2, 0.25) is 0 Å². The molecule has 3 aromatic heterocycles. The van der Waals surface area contributed by atoms with Gasteiger partial charge < -0.3 is 14.0 Å². The smallest absolute Gasteiger partial charge is 0.270 e. The minimum absolute atomic E-state index is 0.0985. The molecule has 1 aliphatic heterocycles. The average molecular weight is 349 g/mol. The molecule has 0 saturated carbocycles. The first kappa shape index (κ1) is 16.6. The number of aryl methyl sites for hydroxylation is 1. The third-order valence-corrected chi connectivity index (χ3v) is 5.06. The molecule has 0 unspecified atom stereocenters. The molecule has 26 heavy (non-hydrogen) atoms. The van der Waals surface area contributed by atoms with Gasteiger partial charge in [0.05, 0.1) is 6.04 Å². The average Bonchev–Trinajstić information content (AvgIpc) is 3.31. The highest BCUT2D eigenvalue weighted by Crippen LogP contribution is 2.24. The van der Waals surface area contributed by atoms with Gasteiger partial charge >= 0.3 is 0 Å². The number of amides is 1. The number of aromatic nitrogens is 4. The van der Waals surface area contributed by atoms with Crippen LogP contribution in [0.2, 0.25) is 0 Å². The van der Waals surface area contributed by atoms with Gasteiger partial charge in [-0.1, -0.05) is 6.07 Å². The van der Waals surface area contributed by atoms with E-state index in [1.807, 2.05) is 65.4 Å². The Bertz CT molecular complexity index is 883. The Balaban J connectivity index is 1.51. The molecule has 1 atom stereocenters. The molecular formula is C20H23N5O. The van der Waals surface area contributed by atoms with Crippen LogP contribution in [0.3, 0.4) is 0 Å². The number of likely N-dealkylation sites (tertiary alicyclic amines) is 1. The van der Waals surface area contributed by atoms with Crippen LogP contribution >= 0.6 is 0 Å². The molecular weight excluding hydrogens is 326 g/mol. The van der Waals surface area contributed by atoms with Crippen LogP contribution in [0.25, 0.3) is 0 Å². The van der Waals surface area contributed by atoms with Crippen molar-refractivity contribution in [2.45, 2.75) is 32.4 Å². The van der Waals surface area contributed by atoms with E-state index in [0.29, 0.717) is 12.6 Å². The van der Waals surface area contributed by atoms with Crippen LogP contribution in [0.5, 0.6) is 0 Å². The van der Waals surface area contributed by atoms with E-state index >= 15 is 0 Å². The molecule has 3 aromatic rings. The van der Waals surface area contributed by atoms with E-state index in [0.717, 1.165) is 43.0 Å². The molecule has 6 heteroatoms. The molecule has 0 spiro atoms. The first-order valence-corrected chi connectivity index (χ1v) is 9.05. The van der Waals surface area contributed by atoms with Crippen molar-refractivity contribution in [3.8, 4) is 0 Å². The van der Waals surface area contributed by atoms with Gasteiger partial charge in [-0.15, -0.1) is 0 Å². The van der Waals surface area contributed by atoms with E-state index in [9.17, 15) is 4.79 Å². The second-order valence-corrected chi connectivity index (χ2v) is 6.81. The number of imidazole rings is 1. The zero-order chi connectivity index (χ0) is 17.9. The van der Waals surface area contributed by atoms with Crippen molar-refractivity contribution in [2.24, 2.45) is 0 Å². The molecule has 0 bridgehead atoms. The monoisotopic (exact) mass is 349 g/mol. The lowest BCUT2D eigenvalue weighted by atomic mass is 10.0. The lowest BCUT2D eigenvalue weighted by Crippen LogP contribution is -2.41. The van der Waals surface area contributed by atoms with Crippen LogP contribution in [-0.4, -0.2) is 43.0 Å². The number of piperidine rings is 1. The van der Waals surface area contributed by atoms with Crippen LogP contribution in [0.15, 0.2) is 55.2 Å². The lowest BCUT2D eigenvalue weighted by molar-refractivity contribution is 0.0668. The van der Waals surface area contributed by atoms with E-state index in [1.54, 1.807) is 6.20 Å². The molecule has 1 amide bonds.